The minimum Gasteiger partial charge on any atom is -0.512 e. The normalized spacial score (nSPS) is 11.8. The van der Waals surface area contributed by atoms with E-state index in [9.17, 15) is 9.90 Å². The first-order valence-corrected chi connectivity index (χ1v) is 11.8. The first kappa shape index (κ1) is 29.2. The number of carbonyl (C=O) groups is 1. The Kier molecular flexibility index (Phi) is 9.92. The smallest absolute Gasteiger partial charge is 0.164 e. The van der Waals surface area contributed by atoms with Crippen LogP contribution in [0.15, 0.2) is 96.8 Å². The summed E-state index contributed by atoms with van der Waals surface area (Å²) in [7, 11) is 0. The fourth-order valence-corrected chi connectivity index (χ4v) is 3.17. The number of rotatable bonds is 3. The van der Waals surface area contributed by atoms with Gasteiger partial charge in [0.05, 0.1) is 5.52 Å². The number of nitrogens with zero attached hydrogens (tertiary/aromatic N) is 1. The van der Waals surface area contributed by atoms with Crippen LogP contribution in [-0.4, -0.2) is 15.9 Å². The van der Waals surface area contributed by atoms with E-state index < -0.39 is 5.41 Å². The number of hydrogen-bond donors (Lipinski definition) is 1. The summed E-state index contributed by atoms with van der Waals surface area (Å²) in [6, 6.07) is 32.3. The summed E-state index contributed by atoms with van der Waals surface area (Å²) < 4.78 is 0. The van der Waals surface area contributed by atoms with Crippen LogP contribution in [0.2, 0.25) is 0 Å². The van der Waals surface area contributed by atoms with Gasteiger partial charge in [-0.25, -0.2) is 0 Å². The van der Waals surface area contributed by atoms with Gasteiger partial charge in [-0.05, 0) is 17.1 Å². The summed E-state index contributed by atoms with van der Waals surface area (Å²) >= 11 is 0. The topological polar surface area (TPSA) is 50.2 Å². The maximum Gasteiger partial charge on any atom is 0.164 e. The third-order valence-electron chi connectivity index (χ3n) is 5.57. The van der Waals surface area contributed by atoms with Gasteiger partial charge in [-0.1, -0.05) is 113 Å². The molecule has 0 bridgehead atoms. The van der Waals surface area contributed by atoms with Crippen molar-refractivity contribution in [1.29, 1.82) is 0 Å². The van der Waals surface area contributed by atoms with Crippen LogP contribution in [-0.2, 0) is 24.9 Å². The van der Waals surface area contributed by atoms with Gasteiger partial charge in [-0.2, -0.15) is 0 Å². The molecule has 0 saturated heterocycles. The second-order valence-electron chi connectivity index (χ2n) is 10.6. The molecule has 0 aliphatic carbocycles. The SMILES string of the molecule is CC(C)(C)C(=O)/C=C(\O)C(C)(C)C.[Ir].[c-]1cc(-c2ccccc2)ccc1-c1ccc2ccccc2n1. The molecule has 189 valence electrons. The zero-order valence-corrected chi connectivity index (χ0v) is 24.2. The number of carbonyl (C=O) groups excluding carboxylic acids is 1. The maximum atomic E-state index is 11.5. The Hall–Kier alpha value is -3.07. The monoisotopic (exact) mass is 657 g/mol. The summed E-state index contributed by atoms with van der Waals surface area (Å²) in [5.41, 5.74) is 4.60. The molecule has 0 aliphatic heterocycles. The number of fused-ring (bicyclic) bond motifs is 1. The van der Waals surface area contributed by atoms with Crippen LogP contribution in [0.1, 0.15) is 41.5 Å². The van der Waals surface area contributed by atoms with Crippen molar-refractivity contribution >= 4 is 16.7 Å². The molecule has 0 aliphatic rings. The minimum absolute atomic E-state index is 0. The number of aliphatic hydroxyl groups excluding tert-OH is 1. The predicted molar refractivity (Wildman–Crippen MR) is 146 cm³/mol. The second-order valence-corrected chi connectivity index (χ2v) is 10.6. The molecule has 0 fully saturated rings. The number of aromatic nitrogens is 1. The van der Waals surface area contributed by atoms with Gasteiger partial charge in [-0.15, -0.1) is 29.8 Å². The van der Waals surface area contributed by atoms with Crippen LogP contribution in [0.5, 0.6) is 0 Å². The average Bonchev–Trinajstić information content (AvgIpc) is 2.83. The van der Waals surface area contributed by atoms with Gasteiger partial charge in [0, 0.05) is 37.0 Å². The number of hydrogen-bond acceptors (Lipinski definition) is 3. The number of ketones is 1. The molecule has 1 radical (unpaired) electrons. The van der Waals surface area contributed by atoms with Crippen molar-refractivity contribution in [2.75, 3.05) is 0 Å². The van der Waals surface area contributed by atoms with Crippen LogP contribution in [0.4, 0.5) is 0 Å². The molecular formula is C32H34IrNO2-. The molecule has 4 rings (SSSR count). The zero-order chi connectivity index (χ0) is 25.6. The molecule has 0 atom stereocenters. The number of para-hydroxylation sites is 1. The van der Waals surface area contributed by atoms with E-state index in [0.29, 0.717) is 0 Å². The van der Waals surface area contributed by atoms with Crippen molar-refractivity contribution in [2.45, 2.75) is 41.5 Å². The van der Waals surface area contributed by atoms with Crippen molar-refractivity contribution < 1.29 is 30.0 Å². The largest absolute Gasteiger partial charge is 0.512 e. The quantitative estimate of drug-likeness (QED) is 0.137. The van der Waals surface area contributed by atoms with E-state index in [1.807, 2.05) is 84.0 Å². The van der Waals surface area contributed by atoms with E-state index in [1.54, 1.807) is 0 Å². The Labute approximate surface area is 228 Å². The van der Waals surface area contributed by atoms with Crippen molar-refractivity contribution in [2.24, 2.45) is 10.8 Å². The number of allylic oxidation sites excluding steroid dienone is 2. The number of pyridine rings is 1. The summed E-state index contributed by atoms with van der Waals surface area (Å²) in [6.07, 6.45) is 1.33. The first-order chi connectivity index (χ1) is 16.4. The molecule has 36 heavy (non-hydrogen) atoms. The van der Waals surface area contributed by atoms with Gasteiger partial charge in [0.2, 0.25) is 0 Å². The Morgan fingerprint density at radius 1 is 0.778 bits per heavy atom. The van der Waals surface area contributed by atoms with Crippen LogP contribution >= 0.6 is 0 Å². The Morgan fingerprint density at radius 3 is 2.00 bits per heavy atom. The summed E-state index contributed by atoms with van der Waals surface area (Å²) in [5, 5.41) is 10.7. The molecule has 1 N–H and O–H groups in total. The molecule has 3 aromatic carbocycles. The summed E-state index contributed by atoms with van der Waals surface area (Å²) in [6.45, 7) is 11.1. The molecule has 4 heteroatoms. The van der Waals surface area contributed by atoms with Gasteiger partial charge in [0.25, 0.3) is 0 Å². The van der Waals surface area contributed by atoms with Gasteiger partial charge in [0.15, 0.2) is 5.78 Å². The summed E-state index contributed by atoms with van der Waals surface area (Å²) in [5.74, 6) is 0.104. The van der Waals surface area contributed by atoms with E-state index in [-0.39, 0.29) is 37.1 Å². The molecular weight excluding hydrogens is 623 g/mol. The average molecular weight is 657 g/mol. The Bertz CT molecular complexity index is 1310. The van der Waals surface area contributed by atoms with Gasteiger partial charge < -0.3 is 5.11 Å². The Morgan fingerprint density at radius 2 is 1.42 bits per heavy atom. The van der Waals surface area contributed by atoms with Crippen LogP contribution in [0, 0.1) is 16.9 Å². The molecule has 0 spiro atoms. The fraction of sp³-hybridized carbons (Fsp3) is 0.250. The standard InChI is InChI=1S/C21H14N.C11H20O2.Ir/c1-2-6-16(7-3-1)17-10-12-19(13-11-17)21-15-14-18-8-4-5-9-20(18)22-21;1-10(2,3)8(12)7-9(13)11(4,5)6;/h1-12,14-15H;7,12H,1-6H3;/q-1;;/b;8-7-;. The van der Waals surface area contributed by atoms with E-state index in [4.69, 9.17) is 4.98 Å². The first-order valence-electron chi connectivity index (χ1n) is 11.8. The molecule has 0 amide bonds. The number of aliphatic hydroxyl groups is 1. The van der Waals surface area contributed by atoms with Crippen molar-refractivity contribution in [3.8, 4) is 22.4 Å². The van der Waals surface area contributed by atoms with Crippen molar-refractivity contribution in [1.82, 2.24) is 4.98 Å². The zero-order valence-electron chi connectivity index (χ0n) is 21.8. The maximum absolute atomic E-state index is 11.5. The summed E-state index contributed by atoms with van der Waals surface area (Å²) in [4.78, 5) is 16.2. The van der Waals surface area contributed by atoms with Crippen LogP contribution in [0.25, 0.3) is 33.3 Å². The molecule has 4 aromatic rings. The third-order valence-corrected chi connectivity index (χ3v) is 5.57. The molecule has 1 heterocycles. The fourth-order valence-electron chi connectivity index (χ4n) is 3.17. The van der Waals surface area contributed by atoms with Gasteiger partial charge >= 0.3 is 0 Å². The Balaban J connectivity index is 0.000000285. The van der Waals surface area contributed by atoms with Crippen LogP contribution < -0.4 is 0 Å². The predicted octanol–water partition coefficient (Wildman–Crippen LogP) is 8.46. The van der Waals surface area contributed by atoms with Gasteiger partial charge in [-0.3, -0.25) is 9.78 Å². The second kappa shape index (κ2) is 12.3. The molecule has 1 aromatic heterocycles. The molecule has 3 nitrogen and oxygen atoms in total. The number of benzene rings is 3. The minimum atomic E-state index is -0.417. The van der Waals surface area contributed by atoms with Crippen LogP contribution in [0.3, 0.4) is 0 Å². The molecule has 0 saturated carbocycles. The third kappa shape index (κ3) is 7.98. The van der Waals surface area contributed by atoms with Crippen molar-refractivity contribution in [3.63, 3.8) is 0 Å². The van der Waals surface area contributed by atoms with E-state index in [0.717, 1.165) is 22.2 Å². The molecule has 0 unspecified atom stereocenters. The van der Waals surface area contributed by atoms with E-state index in [2.05, 4.69) is 48.5 Å². The van der Waals surface area contributed by atoms with Crippen molar-refractivity contribution in [3.05, 3.63) is 103 Å². The van der Waals surface area contributed by atoms with Gasteiger partial charge in [0.1, 0.15) is 5.76 Å². The van der Waals surface area contributed by atoms with E-state index in [1.165, 1.54) is 17.2 Å². The van der Waals surface area contributed by atoms with E-state index >= 15 is 0 Å².